The molecular formula is C17H24IN3S. The fraction of sp³-hybridized carbons (Fsp3) is 0.353. The van der Waals surface area contributed by atoms with Gasteiger partial charge in [-0.05, 0) is 48.6 Å². The number of nitrogens with zero attached hydrogens (tertiary/aromatic N) is 1. The zero-order valence-corrected chi connectivity index (χ0v) is 16.7. The van der Waals surface area contributed by atoms with E-state index in [2.05, 4.69) is 73.7 Å². The Hall–Kier alpha value is -1.08. The fourth-order valence-corrected chi connectivity index (χ4v) is 3.10. The topological polar surface area (TPSA) is 50.4 Å². The average molecular weight is 429 g/mol. The van der Waals surface area contributed by atoms with Crippen LogP contribution in [0.25, 0.3) is 0 Å². The first-order valence-corrected chi connectivity index (χ1v) is 7.94. The van der Waals surface area contributed by atoms with Gasteiger partial charge in [-0.1, -0.05) is 26.0 Å². The van der Waals surface area contributed by atoms with E-state index in [9.17, 15) is 0 Å². The maximum absolute atomic E-state index is 6.01. The minimum Gasteiger partial charge on any atom is -0.370 e. The van der Waals surface area contributed by atoms with Crippen molar-refractivity contribution < 1.29 is 0 Å². The van der Waals surface area contributed by atoms with Crippen LogP contribution < -0.4 is 11.1 Å². The van der Waals surface area contributed by atoms with Gasteiger partial charge in [-0.25, -0.2) is 0 Å². The third-order valence-corrected chi connectivity index (χ3v) is 4.56. The molecule has 0 bridgehead atoms. The third kappa shape index (κ3) is 5.28. The summed E-state index contributed by atoms with van der Waals surface area (Å²) in [5, 5.41) is 5.27. The molecule has 0 atom stereocenters. The minimum atomic E-state index is 0. The summed E-state index contributed by atoms with van der Waals surface area (Å²) in [6.45, 7) is 9.19. The molecule has 1 heterocycles. The van der Waals surface area contributed by atoms with Crippen LogP contribution in [0.2, 0.25) is 0 Å². The zero-order chi connectivity index (χ0) is 15.5. The predicted molar refractivity (Wildman–Crippen MR) is 109 cm³/mol. The van der Waals surface area contributed by atoms with Crippen LogP contribution in [0, 0.1) is 13.8 Å². The SMILES string of the molecule is Cc1cc(C)cc(NC(N)=NCC(C)(C)c2cccs2)c1.I. The smallest absolute Gasteiger partial charge is 0.193 e. The number of thiophene rings is 1. The van der Waals surface area contributed by atoms with Gasteiger partial charge in [0, 0.05) is 16.0 Å². The number of guanidine groups is 1. The molecule has 0 fully saturated rings. The van der Waals surface area contributed by atoms with Crippen molar-refractivity contribution in [2.45, 2.75) is 33.1 Å². The monoisotopic (exact) mass is 429 g/mol. The number of nitrogens with two attached hydrogens (primary N) is 1. The molecule has 0 saturated carbocycles. The molecule has 22 heavy (non-hydrogen) atoms. The maximum Gasteiger partial charge on any atom is 0.193 e. The largest absolute Gasteiger partial charge is 0.370 e. The van der Waals surface area contributed by atoms with Crippen LogP contribution in [0.3, 0.4) is 0 Å². The number of hydrogen-bond acceptors (Lipinski definition) is 2. The van der Waals surface area contributed by atoms with E-state index in [0.717, 1.165) is 5.69 Å². The molecule has 0 amide bonds. The molecule has 0 spiro atoms. The van der Waals surface area contributed by atoms with Crippen LogP contribution in [0.15, 0.2) is 40.7 Å². The summed E-state index contributed by atoms with van der Waals surface area (Å²) in [6.07, 6.45) is 0. The summed E-state index contributed by atoms with van der Waals surface area (Å²) in [7, 11) is 0. The summed E-state index contributed by atoms with van der Waals surface area (Å²) in [5.41, 5.74) is 9.42. The van der Waals surface area contributed by atoms with Crippen LogP contribution >= 0.6 is 35.3 Å². The van der Waals surface area contributed by atoms with Gasteiger partial charge in [0.05, 0.1) is 6.54 Å². The van der Waals surface area contributed by atoms with Gasteiger partial charge in [-0.2, -0.15) is 0 Å². The first-order chi connectivity index (χ1) is 9.87. The highest BCUT2D eigenvalue weighted by Gasteiger charge is 2.21. The van der Waals surface area contributed by atoms with Crippen molar-refractivity contribution in [3.8, 4) is 0 Å². The van der Waals surface area contributed by atoms with Gasteiger partial charge in [-0.15, -0.1) is 35.3 Å². The van der Waals surface area contributed by atoms with Gasteiger partial charge in [-0.3, -0.25) is 4.99 Å². The Morgan fingerprint density at radius 1 is 1.23 bits per heavy atom. The van der Waals surface area contributed by atoms with Crippen molar-refractivity contribution in [2.75, 3.05) is 11.9 Å². The fourth-order valence-electron chi connectivity index (χ4n) is 2.26. The van der Waals surface area contributed by atoms with Crippen molar-refractivity contribution in [3.63, 3.8) is 0 Å². The second-order valence-electron chi connectivity index (χ2n) is 6.06. The molecule has 2 aromatic rings. The van der Waals surface area contributed by atoms with Crippen LogP contribution in [-0.2, 0) is 5.41 Å². The first kappa shape index (κ1) is 19.0. The van der Waals surface area contributed by atoms with Crippen molar-refractivity contribution in [3.05, 3.63) is 51.7 Å². The van der Waals surface area contributed by atoms with E-state index in [4.69, 9.17) is 5.73 Å². The van der Waals surface area contributed by atoms with Crippen LogP contribution in [0.5, 0.6) is 0 Å². The minimum absolute atomic E-state index is 0. The highest BCUT2D eigenvalue weighted by Crippen LogP contribution is 2.27. The van der Waals surface area contributed by atoms with E-state index >= 15 is 0 Å². The number of hydrogen-bond donors (Lipinski definition) is 2. The molecule has 0 aliphatic carbocycles. The number of nitrogens with one attached hydrogen (secondary N) is 1. The highest BCUT2D eigenvalue weighted by atomic mass is 127. The number of halogens is 1. The lowest BCUT2D eigenvalue weighted by Crippen LogP contribution is -2.27. The summed E-state index contributed by atoms with van der Waals surface area (Å²) >= 11 is 1.76. The second kappa shape index (κ2) is 7.97. The summed E-state index contributed by atoms with van der Waals surface area (Å²) in [6, 6.07) is 10.5. The standard InChI is InChI=1S/C17H23N3S.HI/c1-12-8-13(2)10-14(9-12)20-16(18)19-11-17(3,4)15-6-5-7-21-15;/h5-10H,11H2,1-4H3,(H3,18,19,20);1H. The molecule has 3 N–H and O–H groups in total. The summed E-state index contributed by atoms with van der Waals surface area (Å²) in [5.74, 6) is 0.463. The van der Waals surface area contributed by atoms with Crippen molar-refractivity contribution in [1.29, 1.82) is 0 Å². The number of aryl methyl sites for hydroxylation is 2. The molecular weight excluding hydrogens is 405 g/mol. The van der Waals surface area contributed by atoms with E-state index in [1.54, 1.807) is 11.3 Å². The van der Waals surface area contributed by atoms with Gasteiger partial charge >= 0.3 is 0 Å². The molecule has 0 radical (unpaired) electrons. The molecule has 3 nitrogen and oxygen atoms in total. The second-order valence-corrected chi connectivity index (χ2v) is 7.01. The molecule has 0 aliphatic heterocycles. The van der Waals surface area contributed by atoms with E-state index in [1.807, 2.05) is 0 Å². The summed E-state index contributed by atoms with van der Waals surface area (Å²) < 4.78 is 0. The molecule has 0 saturated heterocycles. The normalized spacial score (nSPS) is 11.9. The van der Waals surface area contributed by atoms with Gasteiger partial charge < -0.3 is 11.1 Å². The zero-order valence-electron chi connectivity index (χ0n) is 13.5. The average Bonchev–Trinajstić information content (AvgIpc) is 2.89. The van der Waals surface area contributed by atoms with E-state index in [1.165, 1.54) is 16.0 Å². The Morgan fingerprint density at radius 3 is 2.41 bits per heavy atom. The molecule has 0 unspecified atom stereocenters. The first-order valence-electron chi connectivity index (χ1n) is 7.06. The van der Waals surface area contributed by atoms with Crippen LogP contribution in [-0.4, -0.2) is 12.5 Å². The maximum atomic E-state index is 6.01. The van der Waals surface area contributed by atoms with E-state index in [0.29, 0.717) is 12.5 Å². The lowest BCUT2D eigenvalue weighted by atomic mass is 9.92. The number of anilines is 1. The van der Waals surface area contributed by atoms with Gasteiger partial charge in [0.25, 0.3) is 0 Å². The van der Waals surface area contributed by atoms with Crippen LogP contribution in [0.1, 0.15) is 29.9 Å². The van der Waals surface area contributed by atoms with E-state index < -0.39 is 0 Å². The van der Waals surface area contributed by atoms with Crippen molar-refractivity contribution in [1.82, 2.24) is 0 Å². The van der Waals surface area contributed by atoms with Gasteiger partial charge in [0.1, 0.15) is 0 Å². The Kier molecular flexibility index (Phi) is 6.87. The highest BCUT2D eigenvalue weighted by molar-refractivity contribution is 14.0. The number of rotatable bonds is 4. The lowest BCUT2D eigenvalue weighted by Gasteiger charge is -2.21. The molecule has 2 rings (SSSR count). The lowest BCUT2D eigenvalue weighted by molar-refractivity contribution is 0.551. The summed E-state index contributed by atoms with van der Waals surface area (Å²) in [4.78, 5) is 5.82. The molecule has 5 heteroatoms. The van der Waals surface area contributed by atoms with Crippen molar-refractivity contribution in [2.24, 2.45) is 10.7 Å². The quantitative estimate of drug-likeness (QED) is 0.421. The Bertz CT molecular complexity index is 613. The van der Waals surface area contributed by atoms with Gasteiger partial charge in [0.15, 0.2) is 5.96 Å². The predicted octanol–water partition coefficient (Wildman–Crippen LogP) is 4.69. The van der Waals surface area contributed by atoms with Gasteiger partial charge in [0.2, 0.25) is 0 Å². The van der Waals surface area contributed by atoms with Crippen LogP contribution in [0.4, 0.5) is 5.69 Å². The van der Waals surface area contributed by atoms with Crippen molar-refractivity contribution >= 4 is 47.0 Å². The Labute approximate surface area is 154 Å². The Morgan fingerprint density at radius 2 is 1.86 bits per heavy atom. The molecule has 1 aromatic carbocycles. The number of aliphatic imine (C=N–C) groups is 1. The molecule has 120 valence electrons. The number of benzene rings is 1. The molecule has 0 aliphatic rings. The third-order valence-electron chi connectivity index (χ3n) is 3.33. The van der Waals surface area contributed by atoms with E-state index in [-0.39, 0.29) is 29.4 Å². The molecule has 1 aromatic heterocycles. The Balaban J connectivity index is 0.00000242.